The predicted octanol–water partition coefficient (Wildman–Crippen LogP) is 3.38. The lowest BCUT2D eigenvalue weighted by atomic mass is 9.84. The van der Waals surface area contributed by atoms with E-state index in [9.17, 15) is 13.2 Å². The van der Waals surface area contributed by atoms with Crippen molar-refractivity contribution in [2.45, 2.75) is 31.1 Å². The number of rotatable bonds is 4. The summed E-state index contributed by atoms with van der Waals surface area (Å²) in [5, 5.41) is 2.75. The van der Waals surface area contributed by atoms with E-state index in [1.165, 1.54) is 15.9 Å². The first-order valence-electron chi connectivity index (χ1n) is 11.1. The van der Waals surface area contributed by atoms with Crippen molar-refractivity contribution in [3.63, 3.8) is 0 Å². The third kappa shape index (κ3) is 4.40. The molecule has 0 unspecified atom stereocenters. The molecule has 7 nitrogen and oxygen atoms in total. The molecule has 0 saturated carbocycles. The van der Waals surface area contributed by atoms with Crippen molar-refractivity contribution in [3.8, 4) is 0 Å². The lowest BCUT2D eigenvalue weighted by molar-refractivity contribution is 0.0730. The topological polar surface area (TPSA) is 79.0 Å². The highest BCUT2D eigenvalue weighted by molar-refractivity contribution is 7.89. The van der Waals surface area contributed by atoms with Gasteiger partial charge in [-0.1, -0.05) is 50.3 Å². The number of allylic oxidation sites excluding steroid dienone is 1. The zero-order valence-corrected chi connectivity index (χ0v) is 21.4. The maximum Gasteiger partial charge on any atom is 0.256 e. The molecule has 2 heterocycles. The number of carbonyl (C=O) groups is 1. The van der Waals surface area contributed by atoms with Gasteiger partial charge in [-0.25, -0.2) is 8.42 Å². The van der Waals surface area contributed by atoms with Gasteiger partial charge in [0.15, 0.2) is 0 Å². The summed E-state index contributed by atoms with van der Waals surface area (Å²) in [6, 6.07) is 12.8. The standard InChI is InChI=1S/C25H29N3O4S2/c1-17-9-10-18(15-21(17)34(30,31)28-11-13-32-14-12-28)24(29)26-23(33)16-22-25(2,3)19-7-5-6-8-20(19)27(22)4/h5-10,15-16H,11-14H2,1-4H3,(H,26,29,33)/b22-16-. The van der Waals surface area contributed by atoms with Gasteiger partial charge < -0.3 is 15.0 Å². The predicted molar refractivity (Wildman–Crippen MR) is 137 cm³/mol. The van der Waals surface area contributed by atoms with Crippen LogP contribution >= 0.6 is 12.2 Å². The SMILES string of the molecule is Cc1ccc(C(=O)NC(=S)/C=C2\N(C)c3ccccc3C2(C)C)cc1S(=O)(=O)N1CCOCC1. The van der Waals surface area contributed by atoms with Gasteiger partial charge in [0.25, 0.3) is 5.91 Å². The number of sulfonamides is 1. The molecule has 34 heavy (non-hydrogen) atoms. The Kier molecular flexibility index (Phi) is 6.65. The van der Waals surface area contributed by atoms with E-state index >= 15 is 0 Å². The van der Waals surface area contributed by atoms with Gasteiger partial charge in [-0.2, -0.15) is 4.31 Å². The average molecular weight is 500 g/mol. The lowest BCUT2D eigenvalue weighted by Crippen LogP contribution is -2.41. The fraction of sp³-hybridized carbons (Fsp3) is 0.360. The Morgan fingerprint density at radius 3 is 2.50 bits per heavy atom. The van der Waals surface area contributed by atoms with Crippen molar-refractivity contribution < 1.29 is 17.9 Å². The van der Waals surface area contributed by atoms with Crippen molar-refractivity contribution in [2.24, 2.45) is 0 Å². The summed E-state index contributed by atoms with van der Waals surface area (Å²) in [7, 11) is -1.75. The van der Waals surface area contributed by atoms with Crippen LogP contribution in [-0.4, -0.2) is 57.0 Å². The van der Waals surface area contributed by atoms with Gasteiger partial charge in [-0.05, 0) is 42.3 Å². The number of nitrogens with one attached hydrogen (secondary N) is 1. The van der Waals surface area contributed by atoms with Crippen LogP contribution in [0.15, 0.2) is 59.1 Å². The minimum Gasteiger partial charge on any atom is -0.379 e. The van der Waals surface area contributed by atoms with E-state index in [2.05, 4.69) is 36.2 Å². The largest absolute Gasteiger partial charge is 0.379 e. The first kappa shape index (κ1) is 24.5. The van der Waals surface area contributed by atoms with Crippen LogP contribution in [0.25, 0.3) is 0 Å². The molecule has 0 radical (unpaired) electrons. The highest BCUT2D eigenvalue weighted by Crippen LogP contribution is 2.46. The number of hydrogen-bond donors (Lipinski definition) is 1. The molecule has 4 rings (SSSR count). The molecule has 9 heteroatoms. The van der Waals surface area contributed by atoms with Gasteiger partial charge in [0.05, 0.1) is 18.1 Å². The third-order valence-corrected chi connectivity index (χ3v) is 8.74. The fourth-order valence-corrected chi connectivity index (χ4v) is 6.41. The number of benzene rings is 2. The van der Waals surface area contributed by atoms with E-state index in [0.717, 1.165) is 11.4 Å². The van der Waals surface area contributed by atoms with Crippen molar-refractivity contribution in [1.82, 2.24) is 9.62 Å². The maximum absolute atomic E-state index is 13.1. The Bertz CT molecular complexity index is 1280. The minimum atomic E-state index is -3.73. The monoisotopic (exact) mass is 499 g/mol. The zero-order chi connectivity index (χ0) is 24.7. The Morgan fingerprint density at radius 2 is 1.82 bits per heavy atom. The summed E-state index contributed by atoms with van der Waals surface area (Å²) in [4.78, 5) is 15.5. The summed E-state index contributed by atoms with van der Waals surface area (Å²) >= 11 is 5.49. The molecule has 0 aromatic heterocycles. The van der Waals surface area contributed by atoms with Crippen molar-refractivity contribution in [2.75, 3.05) is 38.3 Å². The zero-order valence-electron chi connectivity index (χ0n) is 19.8. The number of ether oxygens (including phenoxy) is 1. The molecule has 1 N–H and O–H groups in total. The van der Waals surface area contributed by atoms with Gasteiger partial charge in [0, 0.05) is 42.5 Å². The van der Waals surface area contributed by atoms with Gasteiger partial charge in [0.2, 0.25) is 10.0 Å². The second kappa shape index (κ2) is 9.22. The number of carbonyl (C=O) groups excluding carboxylic acids is 1. The molecule has 2 aromatic carbocycles. The second-order valence-electron chi connectivity index (χ2n) is 9.05. The van der Waals surface area contributed by atoms with Crippen LogP contribution in [-0.2, 0) is 20.2 Å². The molecule has 180 valence electrons. The number of anilines is 1. The van der Waals surface area contributed by atoms with E-state index in [-0.39, 0.29) is 20.9 Å². The number of morpholine rings is 1. The van der Waals surface area contributed by atoms with Crippen LogP contribution < -0.4 is 10.2 Å². The lowest BCUT2D eigenvalue weighted by Gasteiger charge is -2.26. The highest BCUT2D eigenvalue weighted by atomic mass is 32.2. The Labute approximate surface area is 206 Å². The van der Waals surface area contributed by atoms with Crippen molar-refractivity contribution >= 4 is 38.8 Å². The minimum absolute atomic E-state index is 0.124. The number of likely N-dealkylation sites (N-methyl/N-ethyl adjacent to an activating group) is 1. The highest BCUT2D eigenvalue weighted by Gasteiger charge is 2.38. The van der Waals surface area contributed by atoms with E-state index < -0.39 is 15.9 Å². The quantitative estimate of drug-likeness (QED) is 0.513. The van der Waals surface area contributed by atoms with Crippen LogP contribution in [0, 0.1) is 6.92 Å². The summed E-state index contributed by atoms with van der Waals surface area (Å²) in [6.07, 6.45) is 1.80. The second-order valence-corrected chi connectivity index (χ2v) is 11.4. The van der Waals surface area contributed by atoms with Crippen molar-refractivity contribution in [1.29, 1.82) is 0 Å². The molecule has 2 aliphatic heterocycles. The molecule has 0 bridgehead atoms. The summed E-state index contributed by atoms with van der Waals surface area (Å²) in [5.41, 5.74) is 3.81. The van der Waals surface area contributed by atoms with Gasteiger partial charge >= 0.3 is 0 Å². The summed E-state index contributed by atoms with van der Waals surface area (Å²) in [6.45, 7) is 7.26. The van der Waals surface area contributed by atoms with E-state index in [1.807, 2.05) is 19.2 Å². The number of thiocarbonyl (C=S) groups is 1. The average Bonchev–Trinajstić information content (AvgIpc) is 3.00. The van der Waals surface area contributed by atoms with Gasteiger partial charge in [-0.3, -0.25) is 4.79 Å². The Hall–Kier alpha value is -2.59. The normalized spacial score (nSPS) is 19.2. The Balaban J connectivity index is 1.56. The molecule has 0 atom stereocenters. The Morgan fingerprint density at radius 1 is 1.15 bits per heavy atom. The number of aryl methyl sites for hydroxylation is 1. The summed E-state index contributed by atoms with van der Waals surface area (Å²) < 4.78 is 33.0. The van der Waals surface area contributed by atoms with Crippen LogP contribution in [0.5, 0.6) is 0 Å². The molecule has 1 amide bonds. The number of hydrogen-bond acceptors (Lipinski definition) is 6. The van der Waals surface area contributed by atoms with Crippen LogP contribution in [0.2, 0.25) is 0 Å². The van der Waals surface area contributed by atoms with E-state index in [0.29, 0.717) is 31.9 Å². The van der Waals surface area contributed by atoms with Gasteiger partial charge in [0.1, 0.15) is 4.99 Å². The first-order valence-corrected chi connectivity index (χ1v) is 13.0. The van der Waals surface area contributed by atoms with Crippen LogP contribution in [0.3, 0.4) is 0 Å². The van der Waals surface area contributed by atoms with Crippen LogP contribution in [0.4, 0.5) is 5.69 Å². The molecule has 1 saturated heterocycles. The summed E-state index contributed by atoms with van der Waals surface area (Å²) in [5.74, 6) is -0.448. The molecular formula is C25H29N3O4S2. The van der Waals surface area contributed by atoms with Crippen molar-refractivity contribution in [3.05, 3.63) is 70.9 Å². The number of nitrogens with zero attached hydrogens (tertiary/aromatic N) is 2. The maximum atomic E-state index is 13.1. The molecule has 2 aromatic rings. The van der Waals surface area contributed by atoms with Gasteiger partial charge in [-0.15, -0.1) is 0 Å². The first-order chi connectivity index (χ1) is 16.0. The third-order valence-electron chi connectivity index (χ3n) is 6.48. The van der Waals surface area contributed by atoms with E-state index in [4.69, 9.17) is 17.0 Å². The molecular weight excluding hydrogens is 470 g/mol. The van der Waals surface area contributed by atoms with Crippen LogP contribution in [0.1, 0.15) is 35.3 Å². The molecule has 1 fully saturated rings. The number of para-hydroxylation sites is 1. The molecule has 0 spiro atoms. The number of fused-ring (bicyclic) bond motifs is 1. The fourth-order valence-electron chi connectivity index (χ4n) is 4.55. The molecule has 2 aliphatic rings. The number of amides is 1. The molecule has 0 aliphatic carbocycles. The van der Waals surface area contributed by atoms with E-state index in [1.54, 1.807) is 25.1 Å². The smallest absolute Gasteiger partial charge is 0.256 e.